The number of hydrogen-bond acceptors (Lipinski definition) is 6. The van der Waals surface area contributed by atoms with E-state index in [1.807, 2.05) is 0 Å². The lowest BCUT2D eigenvalue weighted by Gasteiger charge is -2.06. The summed E-state index contributed by atoms with van der Waals surface area (Å²) in [6.45, 7) is 2.80. The van der Waals surface area contributed by atoms with Gasteiger partial charge >= 0.3 is 5.69 Å². The fraction of sp³-hybridized carbons (Fsp3) is 0.182. The number of nitro groups is 1. The van der Waals surface area contributed by atoms with Crippen LogP contribution in [0.1, 0.15) is 11.3 Å². The fourth-order valence-corrected chi connectivity index (χ4v) is 2.71. The molecule has 0 aliphatic carbocycles. The molecule has 0 fully saturated rings. The normalized spacial score (nSPS) is 11.4. The maximum absolute atomic E-state index is 13.6. The van der Waals surface area contributed by atoms with Crippen molar-refractivity contribution in [3.8, 4) is 0 Å². The second kappa shape index (κ2) is 5.13. The number of benzene rings is 1. The van der Waals surface area contributed by atoms with E-state index in [4.69, 9.17) is 4.52 Å². The van der Waals surface area contributed by atoms with Crippen LogP contribution in [0, 0.1) is 29.8 Å². The van der Waals surface area contributed by atoms with E-state index >= 15 is 0 Å². The van der Waals surface area contributed by atoms with Gasteiger partial charge in [0, 0.05) is 12.1 Å². The molecule has 0 spiro atoms. The molecule has 1 heterocycles. The van der Waals surface area contributed by atoms with Gasteiger partial charge in [-0.3, -0.25) is 14.8 Å². The van der Waals surface area contributed by atoms with Crippen molar-refractivity contribution in [2.75, 3.05) is 4.72 Å². The third kappa shape index (κ3) is 2.99. The predicted molar refractivity (Wildman–Crippen MR) is 69.8 cm³/mol. The smallest absolute Gasteiger partial charge is 0.306 e. The molecule has 2 rings (SSSR count). The number of nitro benzene ring substituents is 1. The van der Waals surface area contributed by atoms with Crippen LogP contribution in [0.15, 0.2) is 27.6 Å². The van der Waals surface area contributed by atoms with Crippen LogP contribution in [0.5, 0.6) is 0 Å². The molecule has 1 aromatic carbocycles. The minimum absolute atomic E-state index is 0.0721. The molecule has 21 heavy (non-hydrogen) atoms. The van der Waals surface area contributed by atoms with Gasteiger partial charge in [0.1, 0.15) is 5.76 Å². The summed E-state index contributed by atoms with van der Waals surface area (Å²) in [5.74, 6) is -0.762. The number of hydrogen-bond donors (Lipinski definition) is 1. The maximum atomic E-state index is 13.6. The highest BCUT2D eigenvalue weighted by molar-refractivity contribution is 7.92. The van der Waals surface area contributed by atoms with Gasteiger partial charge < -0.3 is 4.52 Å². The number of halogens is 1. The first kappa shape index (κ1) is 14.9. The van der Waals surface area contributed by atoms with E-state index in [9.17, 15) is 22.9 Å². The molecule has 8 nitrogen and oxygen atoms in total. The number of sulfonamides is 1. The van der Waals surface area contributed by atoms with E-state index in [-0.39, 0.29) is 11.4 Å². The standard InChI is InChI=1S/C11H10FN3O5S/c1-6-3-8(5-9(11(6)12)15(16)17)21(18,19)14-10-4-7(2)20-13-10/h3-5H,1-2H3,(H,13,14). The van der Waals surface area contributed by atoms with Gasteiger partial charge in [-0.2, -0.15) is 4.39 Å². The van der Waals surface area contributed by atoms with Crippen LogP contribution in [-0.4, -0.2) is 18.5 Å². The Balaban J connectivity index is 2.47. The van der Waals surface area contributed by atoms with Crippen LogP contribution in [0.25, 0.3) is 0 Å². The molecular weight excluding hydrogens is 305 g/mol. The van der Waals surface area contributed by atoms with Crippen LogP contribution in [-0.2, 0) is 10.0 Å². The van der Waals surface area contributed by atoms with Gasteiger partial charge in [-0.15, -0.1) is 0 Å². The molecule has 0 unspecified atom stereocenters. The molecule has 0 atom stereocenters. The van der Waals surface area contributed by atoms with Crippen LogP contribution >= 0.6 is 0 Å². The third-order valence-electron chi connectivity index (χ3n) is 2.58. The second-order valence-corrected chi connectivity index (χ2v) is 5.94. The number of aromatic nitrogens is 1. The van der Waals surface area contributed by atoms with Gasteiger partial charge in [0.2, 0.25) is 5.82 Å². The Morgan fingerprint density at radius 2 is 2.00 bits per heavy atom. The number of nitrogens with one attached hydrogen (secondary N) is 1. The Bertz CT molecular complexity index is 815. The topological polar surface area (TPSA) is 115 Å². The SMILES string of the molecule is Cc1cc(NS(=O)(=O)c2cc(C)c(F)c([N+](=O)[O-])c2)no1. The zero-order valence-electron chi connectivity index (χ0n) is 11.0. The van der Waals surface area contributed by atoms with Crippen LogP contribution in [0.3, 0.4) is 0 Å². The minimum Gasteiger partial charge on any atom is -0.360 e. The number of aryl methyl sites for hydroxylation is 2. The third-order valence-corrected chi connectivity index (χ3v) is 3.92. The summed E-state index contributed by atoms with van der Waals surface area (Å²) < 4.78 is 44.6. The van der Waals surface area contributed by atoms with Gasteiger partial charge in [0.05, 0.1) is 9.82 Å². The molecule has 0 amide bonds. The first-order valence-corrected chi connectivity index (χ1v) is 7.09. The molecule has 0 saturated carbocycles. The molecular formula is C11H10FN3O5S. The van der Waals surface area contributed by atoms with Crippen LogP contribution < -0.4 is 4.72 Å². The van der Waals surface area contributed by atoms with E-state index < -0.39 is 31.3 Å². The summed E-state index contributed by atoms with van der Waals surface area (Å²) in [4.78, 5) is 9.32. The lowest BCUT2D eigenvalue weighted by Crippen LogP contribution is -2.14. The van der Waals surface area contributed by atoms with Crippen molar-refractivity contribution in [1.82, 2.24) is 5.16 Å². The maximum Gasteiger partial charge on any atom is 0.306 e. The van der Waals surface area contributed by atoms with E-state index in [0.29, 0.717) is 11.8 Å². The monoisotopic (exact) mass is 315 g/mol. The van der Waals surface area contributed by atoms with E-state index in [1.54, 1.807) is 6.92 Å². The summed E-state index contributed by atoms with van der Waals surface area (Å²) >= 11 is 0. The number of nitrogens with zero attached hydrogens (tertiary/aromatic N) is 2. The van der Waals surface area contributed by atoms with Gasteiger partial charge in [-0.1, -0.05) is 5.16 Å². The van der Waals surface area contributed by atoms with E-state index in [0.717, 1.165) is 6.07 Å². The average molecular weight is 315 g/mol. The zero-order valence-corrected chi connectivity index (χ0v) is 11.8. The lowest BCUT2D eigenvalue weighted by atomic mass is 10.2. The fourth-order valence-electron chi connectivity index (χ4n) is 1.62. The van der Waals surface area contributed by atoms with Crippen molar-refractivity contribution >= 4 is 21.5 Å². The van der Waals surface area contributed by atoms with E-state index in [2.05, 4.69) is 9.88 Å². The van der Waals surface area contributed by atoms with Crippen LogP contribution in [0.2, 0.25) is 0 Å². The Hall–Kier alpha value is -2.49. The lowest BCUT2D eigenvalue weighted by molar-refractivity contribution is -0.387. The molecule has 0 bridgehead atoms. The highest BCUT2D eigenvalue weighted by Gasteiger charge is 2.24. The Morgan fingerprint density at radius 3 is 2.52 bits per heavy atom. The van der Waals surface area contributed by atoms with Crippen LogP contribution in [0.4, 0.5) is 15.9 Å². The Labute approximate surface area is 118 Å². The zero-order chi connectivity index (χ0) is 15.8. The quantitative estimate of drug-likeness (QED) is 0.682. The molecule has 112 valence electrons. The minimum atomic E-state index is -4.14. The molecule has 1 N–H and O–H groups in total. The van der Waals surface area contributed by atoms with E-state index in [1.165, 1.54) is 13.0 Å². The van der Waals surface area contributed by atoms with Crippen molar-refractivity contribution in [1.29, 1.82) is 0 Å². The molecule has 1 aromatic heterocycles. The number of rotatable bonds is 4. The summed E-state index contributed by atoms with van der Waals surface area (Å²) in [6.07, 6.45) is 0. The van der Waals surface area contributed by atoms with Gasteiger partial charge in [0.15, 0.2) is 5.82 Å². The first-order chi connectivity index (χ1) is 9.70. The van der Waals surface area contributed by atoms with Gasteiger partial charge in [0.25, 0.3) is 10.0 Å². The van der Waals surface area contributed by atoms with Crippen molar-refractivity contribution in [2.24, 2.45) is 0 Å². The predicted octanol–water partition coefficient (Wildman–Crippen LogP) is 2.14. The summed E-state index contributed by atoms with van der Waals surface area (Å²) in [5.41, 5.74) is -1.06. The highest BCUT2D eigenvalue weighted by Crippen LogP contribution is 2.26. The van der Waals surface area contributed by atoms with Crippen molar-refractivity contribution in [3.63, 3.8) is 0 Å². The highest BCUT2D eigenvalue weighted by atomic mass is 32.2. The Morgan fingerprint density at radius 1 is 1.33 bits per heavy atom. The molecule has 0 saturated heterocycles. The second-order valence-electron chi connectivity index (χ2n) is 4.26. The van der Waals surface area contributed by atoms with Gasteiger partial charge in [-0.25, -0.2) is 8.42 Å². The molecule has 10 heteroatoms. The van der Waals surface area contributed by atoms with Gasteiger partial charge in [-0.05, 0) is 25.5 Å². The molecule has 0 radical (unpaired) electrons. The Kier molecular flexibility index (Phi) is 3.64. The molecule has 0 aliphatic rings. The average Bonchev–Trinajstić information content (AvgIpc) is 2.76. The largest absolute Gasteiger partial charge is 0.360 e. The van der Waals surface area contributed by atoms with Crippen molar-refractivity contribution in [2.45, 2.75) is 18.7 Å². The first-order valence-electron chi connectivity index (χ1n) is 5.61. The summed E-state index contributed by atoms with van der Waals surface area (Å²) in [6, 6.07) is 2.98. The summed E-state index contributed by atoms with van der Waals surface area (Å²) in [5, 5.41) is 14.2. The molecule has 2 aromatic rings. The number of anilines is 1. The summed E-state index contributed by atoms with van der Waals surface area (Å²) in [7, 11) is -4.14. The van der Waals surface area contributed by atoms with Crippen molar-refractivity contribution < 1.29 is 22.3 Å². The van der Waals surface area contributed by atoms with Crippen molar-refractivity contribution in [3.05, 3.63) is 45.5 Å². The molecule has 0 aliphatic heterocycles.